The van der Waals surface area contributed by atoms with Crippen LogP contribution >= 0.6 is 0 Å². The number of aliphatic hydroxyl groups excluding tert-OH is 1. The Morgan fingerprint density at radius 2 is 1.47 bits per heavy atom. The SMILES string of the molecule is O=C(Nc1ccccc1C(=O)NCCC(O)C(=O)O)OCC1c2ccccc2-c2ccccc21. The second-order valence-electron chi connectivity index (χ2n) is 7.89. The molecule has 3 aromatic rings. The van der Waals surface area contributed by atoms with E-state index in [0.717, 1.165) is 22.3 Å². The molecule has 1 unspecified atom stereocenters. The molecule has 0 aromatic heterocycles. The van der Waals surface area contributed by atoms with Gasteiger partial charge in [0.15, 0.2) is 6.10 Å². The number of carboxylic acids is 1. The summed E-state index contributed by atoms with van der Waals surface area (Å²) in [5, 5.41) is 23.2. The number of hydrogen-bond acceptors (Lipinski definition) is 5. The highest BCUT2D eigenvalue weighted by Gasteiger charge is 2.29. The zero-order chi connectivity index (χ0) is 24.1. The van der Waals surface area contributed by atoms with Crippen molar-refractivity contribution < 1.29 is 29.3 Å². The van der Waals surface area contributed by atoms with E-state index in [2.05, 4.69) is 22.8 Å². The number of hydrogen-bond donors (Lipinski definition) is 4. The Balaban J connectivity index is 1.39. The first-order chi connectivity index (χ1) is 16.5. The number of aliphatic hydroxyl groups is 1. The summed E-state index contributed by atoms with van der Waals surface area (Å²) in [7, 11) is 0. The lowest BCUT2D eigenvalue weighted by atomic mass is 9.98. The van der Waals surface area contributed by atoms with E-state index < -0.39 is 24.1 Å². The normalized spacial score (nSPS) is 12.9. The molecule has 0 bridgehead atoms. The maximum atomic E-state index is 12.6. The Morgan fingerprint density at radius 3 is 2.12 bits per heavy atom. The van der Waals surface area contributed by atoms with Crippen molar-refractivity contribution in [2.75, 3.05) is 18.5 Å². The van der Waals surface area contributed by atoms with Crippen LogP contribution in [0, 0.1) is 0 Å². The molecule has 34 heavy (non-hydrogen) atoms. The number of anilines is 1. The number of fused-ring (bicyclic) bond motifs is 3. The van der Waals surface area contributed by atoms with Crippen LogP contribution in [0.2, 0.25) is 0 Å². The second-order valence-corrected chi connectivity index (χ2v) is 7.89. The molecule has 4 rings (SSSR count). The molecular formula is C26H24N2O6. The molecule has 8 heteroatoms. The number of carbonyl (C=O) groups is 3. The highest BCUT2D eigenvalue weighted by Crippen LogP contribution is 2.44. The lowest BCUT2D eigenvalue weighted by Gasteiger charge is -2.16. The van der Waals surface area contributed by atoms with Crippen molar-refractivity contribution in [1.82, 2.24) is 5.32 Å². The van der Waals surface area contributed by atoms with Gasteiger partial charge in [-0.25, -0.2) is 9.59 Å². The van der Waals surface area contributed by atoms with Crippen LogP contribution in [0.4, 0.5) is 10.5 Å². The van der Waals surface area contributed by atoms with Gasteiger partial charge >= 0.3 is 12.1 Å². The predicted molar refractivity (Wildman–Crippen MR) is 126 cm³/mol. The lowest BCUT2D eigenvalue weighted by molar-refractivity contribution is -0.146. The van der Waals surface area contributed by atoms with E-state index in [0.29, 0.717) is 0 Å². The quantitative estimate of drug-likeness (QED) is 0.407. The maximum absolute atomic E-state index is 12.6. The van der Waals surface area contributed by atoms with Gasteiger partial charge in [0.25, 0.3) is 5.91 Å². The van der Waals surface area contributed by atoms with Crippen molar-refractivity contribution in [2.24, 2.45) is 0 Å². The molecule has 0 spiro atoms. The molecule has 0 radical (unpaired) electrons. The first-order valence-corrected chi connectivity index (χ1v) is 10.9. The van der Waals surface area contributed by atoms with Gasteiger partial charge in [-0.2, -0.15) is 0 Å². The van der Waals surface area contributed by atoms with E-state index in [1.54, 1.807) is 18.2 Å². The van der Waals surface area contributed by atoms with Gasteiger partial charge in [-0.15, -0.1) is 0 Å². The summed E-state index contributed by atoms with van der Waals surface area (Å²) in [6.45, 7) is 0.104. The van der Waals surface area contributed by atoms with Gasteiger partial charge in [-0.1, -0.05) is 60.7 Å². The van der Waals surface area contributed by atoms with Crippen LogP contribution in [0.3, 0.4) is 0 Å². The van der Waals surface area contributed by atoms with Crippen LogP contribution in [0.1, 0.15) is 33.8 Å². The maximum Gasteiger partial charge on any atom is 0.411 e. The average Bonchev–Trinajstić information content (AvgIpc) is 3.16. The third-order valence-electron chi connectivity index (χ3n) is 5.74. The number of carbonyl (C=O) groups excluding carboxylic acids is 2. The molecule has 1 aliphatic carbocycles. The molecule has 174 valence electrons. The summed E-state index contributed by atoms with van der Waals surface area (Å²) in [6.07, 6.45) is -2.39. The minimum absolute atomic E-state index is 0.0361. The largest absolute Gasteiger partial charge is 0.479 e. The molecular weight excluding hydrogens is 436 g/mol. The molecule has 3 aromatic carbocycles. The van der Waals surface area contributed by atoms with Crippen LogP contribution in [0.5, 0.6) is 0 Å². The van der Waals surface area contributed by atoms with Crippen LogP contribution in [-0.2, 0) is 9.53 Å². The minimum atomic E-state index is -1.56. The van der Waals surface area contributed by atoms with Gasteiger partial charge in [-0.05, 0) is 34.4 Å². The summed E-state index contributed by atoms with van der Waals surface area (Å²) in [5.41, 5.74) is 4.90. The van der Waals surface area contributed by atoms with Gasteiger partial charge in [-0.3, -0.25) is 10.1 Å². The number of ether oxygens (including phenoxy) is 1. The molecule has 1 aliphatic rings. The summed E-state index contributed by atoms with van der Waals surface area (Å²) >= 11 is 0. The topological polar surface area (TPSA) is 125 Å². The van der Waals surface area contributed by atoms with E-state index in [9.17, 15) is 19.5 Å². The van der Waals surface area contributed by atoms with E-state index in [-0.39, 0.29) is 36.7 Å². The van der Waals surface area contributed by atoms with E-state index >= 15 is 0 Å². The number of carboxylic acid groups (broad SMARTS) is 1. The number of amides is 2. The second kappa shape index (κ2) is 10.2. The monoisotopic (exact) mass is 460 g/mol. The Hall–Kier alpha value is -4.17. The highest BCUT2D eigenvalue weighted by atomic mass is 16.5. The fourth-order valence-corrected chi connectivity index (χ4v) is 4.08. The van der Waals surface area contributed by atoms with Crippen LogP contribution in [0.25, 0.3) is 11.1 Å². The highest BCUT2D eigenvalue weighted by molar-refractivity contribution is 6.02. The zero-order valence-electron chi connectivity index (χ0n) is 18.2. The molecule has 0 heterocycles. The number of rotatable bonds is 8. The molecule has 8 nitrogen and oxygen atoms in total. The van der Waals surface area contributed by atoms with Gasteiger partial charge < -0.3 is 20.3 Å². The number of nitrogens with one attached hydrogen (secondary N) is 2. The van der Waals surface area contributed by atoms with Crippen LogP contribution in [0.15, 0.2) is 72.8 Å². The van der Waals surface area contributed by atoms with Crippen molar-refractivity contribution >= 4 is 23.7 Å². The van der Waals surface area contributed by atoms with Crippen molar-refractivity contribution in [3.63, 3.8) is 0 Å². The number of benzene rings is 3. The van der Waals surface area contributed by atoms with Crippen molar-refractivity contribution in [1.29, 1.82) is 0 Å². The average molecular weight is 460 g/mol. The van der Waals surface area contributed by atoms with Crippen molar-refractivity contribution in [2.45, 2.75) is 18.4 Å². The van der Waals surface area contributed by atoms with Crippen molar-refractivity contribution in [3.05, 3.63) is 89.5 Å². The van der Waals surface area contributed by atoms with E-state index in [4.69, 9.17) is 9.84 Å². The Morgan fingerprint density at radius 1 is 0.882 bits per heavy atom. The van der Waals surface area contributed by atoms with E-state index in [1.807, 2.05) is 36.4 Å². The van der Waals surface area contributed by atoms with Gasteiger partial charge in [0, 0.05) is 18.9 Å². The third kappa shape index (κ3) is 4.92. The molecule has 2 amide bonds. The summed E-state index contributed by atoms with van der Waals surface area (Å²) < 4.78 is 5.54. The Bertz CT molecular complexity index is 1180. The van der Waals surface area contributed by atoms with Gasteiger partial charge in [0.05, 0.1) is 11.3 Å². The number of para-hydroxylation sites is 1. The van der Waals surface area contributed by atoms with E-state index in [1.165, 1.54) is 6.07 Å². The minimum Gasteiger partial charge on any atom is -0.479 e. The lowest BCUT2D eigenvalue weighted by Crippen LogP contribution is -2.30. The third-order valence-corrected chi connectivity index (χ3v) is 5.74. The number of aliphatic carboxylic acids is 1. The van der Waals surface area contributed by atoms with Gasteiger partial charge in [0.1, 0.15) is 6.61 Å². The molecule has 0 fully saturated rings. The standard InChI is InChI=1S/C26H24N2O6/c29-23(25(31)32)13-14-27-24(30)20-11-5-6-12-22(20)28-26(33)34-15-21-18-9-3-1-7-16(18)17-8-2-4-10-19(17)21/h1-12,21,23,29H,13-15H2,(H,27,30)(H,28,33)(H,31,32). The first kappa shape index (κ1) is 23.0. The summed E-state index contributed by atoms with van der Waals surface area (Å²) in [4.78, 5) is 35.8. The van der Waals surface area contributed by atoms with Crippen LogP contribution in [-0.4, -0.2) is 47.4 Å². The fourth-order valence-electron chi connectivity index (χ4n) is 4.08. The first-order valence-electron chi connectivity index (χ1n) is 10.9. The van der Waals surface area contributed by atoms with Crippen LogP contribution < -0.4 is 10.6 Å². The molecule has 4 N–H and O–H groups in total. The zero-order valence-corrected chi connectivity index (χ0v) is 18.2. The molecule has 1 atom stereocenters. The molecule has 0 saturated heterocycles. The summed E-state index contributed by atoms with van der Waals surface area (Å²) in [6, 6.07) is 22.5. The smallest absolute Gasteiger partial charge is 0.411 e. The Kier molecular flexibility index (Phi) is 6.89. The Labute approximate surface area is 196 Å². The predicted octanol–water partition coefficient (Wildman–Crippen LogP) is 3.61. The van der Waals surface area contributed by atoms with Crippen molar-refractivity contribution in [3.8, 4) is 11.1 Å². The molecule has 0 saturated carbocycles. The van der Waals surface area contributed by atoms with Gasteiger partial charge in [0.2, 0.25) is 0 Å². The summed E-state index contributed by atoms with van der Waals surface area (Å²) in [5.74, 6) is -1.95. The fraction of sp³-hybridized carbons (Fsp3) is 0.192. The molecule has 0 aliphatic heterocycles.